The SMILES string of the molecule is CC.CC.[B]c1cnn2c(N(C)Cc3nc4ccc(C)cc4[nH]3)nc(N3C[C@H](CCC)[C@](C)([N+](C)(C)C)C3)nc12. The number of hydrogen-bond donors (Lipinski definition) is 1. The second kappa shape index (κ2) is 12.6. The van der Waals surface area contributed by atoms with Gasteiger partial charge in [0.1, 0.15) is 19.2 Å². The molecule has 0 amide bonds. The molecule has 1 fully saturated rings. The number of H-pyrrole nitrogens is 1. The second-order valence-electron chi connectivity index (χ2n) is 11.5. The van der Waals surface area contributed by atoms with Crippen molar-refractivity contribution in [1.29, 1.82) is 0 Å². The Hall–Kier alpha value is -3.14. The van der Waals surface area contributed by atoms with E-state index in [0.29, 0.717) is 35.5 Å². The number of hydrogen-bond acceptors (Lipinski definition) is 6. The normalized spacial score (nSPS) is 18.9. The molecule has 3 aromatic heterocycles. The number of fused-ring (bicyclic) bond motifs is 2. The molecule has 0 saturated carbocycles. The summed E-state index contributed by atoms with van der Waals surface area (Å²) >= 11 is 0. The van der Waals surface area contributed by atoms with Gasteiger partial charge < -0.3 is 19.3 Å². The first-order chi connectivity index (χ1) is 19.0. The Kier molecular flexibility index (Phi) is 9.87. The van der Waals surface area contributed by atoms with E-state index in [0.717, 1.165) is 40.9 Å². The Morgan fingerprint density at radius 3 is 2.48 bits per heavy atom. The second-order valence-corrected chi connectivity index (χ2v) is 11.5. The van der Waals surface area contributed by atoms with E-state index < -0.39 is 0 Å². The number of benzene rings is 1. The minimum absolute atomic E-state index is 0.0930. The van der Waals surface area contributed by atoms with E-state index in [-0.39, 0.29) is 5.54 Å². The third-order valence-corrected chi connectivity index (χ3v) is 8.06. The van der Waals surface area contributed by atoms with Crippen LogP contribution in [-0.4, -0.2) is 88.7 Å². The van der Waals surface area contributed by atoms with Gasteiger partial charge in [0.15, 0.2) is 5.65 Å². The average molecular weight is 547 g/mol. The summed E-state index contributed by atoms with van der Waals surface area (Å²) in [7, 11) is 15.2. The average Bonchev–Trinajstić information content (AvgIpc) is 3.61. The lowest BCUT2D eigenvalue weighted by atomic mass is 9.83. The van der Waals surface area contributed by atoms with Crippen LogP contribution in [0.2, 0.25) is 0 Å². The molecule has 0 spiro atoms. The number of nitrogens with one attached hydrogen (secondary N) is 1. The van der Waals surface area contributed by atoms with Gasteiger partial charge in [-0.3, -0.25) is 0 Å². The van der Waals surface area contributed by atoms with Crippen LogP contribution in [0, 0.1) is 12.8 Å². The van der Waals surface area contributed by atoms with Crippen LogP contribution < -0.4 is 15.3 Å². The highest BCUT2D eigenvalue weighted by Crippen LogP contribution is 2.39. The molecule has 1 aliphatic heterocycles. The lowest BCUT2D eigenvalue weighted by Gasteiger charge is -2.44. The van der Waals surface area contributed by atoms with Gasteiger partial charge in [0, 0.05) is 25.7 Å². The predicted molar refractivity (Wildman–Crippen MR) is 169 cm³/mol. The van der Waals surface area contributed by atoms with Crippen molar-refractivity contribution in [2.24, 2.45) is 5.92 Å². The monoisotopic (exact) mass is 546 g/mol. The fourth-order valence-electron chi connectivity index (χ4n) is 5.51. The predicted octanol–water partition coefficient (Wildman–Crippen LogP) is 4.49. The van der Waals surface area contributed by atoms with Crippen LogP contribution in [0.4, 0.5) is 11.9 Å². The Labute approximate surface area is 242 Å². The van der Waals surface area contributed by atoms with Gasteiger partial charge in [-0.25, -0.2) is 4.98 Å². The zero-order chi connectivity index (χ0) is 29.8. The van der Waals surface area contributed by atoms with Crippen LogP contribution >= 0.6 is 0 Å². The molecule has 1 aliphatic rings. The molecule has 10 heteroatoms. The van der Waals surface area contributed by atoms with Crippen LogP contribution in [0.1, 0.15) is 65.8 Å². The van der Waals surface area contributed by atoms with E-state index in [1.54, 1.807) is 10.7 Å². The topological polar surface area (TPSA) is 78.2 Å². The van der Waals surface area contributed by atoms with Gasteiger partial charge in [0.2, 0.25) is 11.9 Å². The fraction of sp³-hybridized carbons (Fsp3) is 0.600. The van der Waals surface area contributed by atoms with Gasteiger partial charge in [0.05, 0.1) is 45.3 Å². The summed E-state index contributed by atoms with van der Waals surface area (Å²) in [6, 6.07) is 6.24. The Bertz CT molecular complexity index is 1400. The number of anilines is 2. The van der Waals surface area contributed by atoms with Crippen molar-refractivity contribution < 1.29 is 4.48 Å². The number of likely N-dealkylation sites (N-methyl/N-ethyl adjacent to an activating group) is 1. The minimum Gasteiger partial charge on any atom is -0.340 e. The molecule has 40 heavy (non-hydrogen) atoms. The molecule has 1 N–H and O–H groups in total. The molecule has 2 atom stereocenters. The lowest BCUT2D eigenvalue weighted by Crippen LogP contribution is -2.60. The zero-order valence-electron chi connectivity index (χ0n) is 26.6. The first-order valence-electron chi connectivity index (χ1n) is 14.7. The third-order valence-electron chi connectivity index (χ3n) is 8.06. The van der Waals surface area contributed by atoms with Crippen molar-refractivity contribution in [3.8, 4) is 0 Å². The van der Waals surface area contributed by atoms with Gasteiger partial charge in [-0.1, -0.05) is 47.1 Å². The summed E-state index contributed by atoms with van der Waals surface area (Å²) in [5, 5.41) is 4.49. The van der Waals surface area contributed by atoms with Gasteiger partial charge in [0.25, 0.3) is 0 Å². The number of rotatable bonds is 7. The van der Waals surface area contributed by atoms with Gasteiger partial charge in [-0.15, -0.1) is 0 Å². The Balaban J connectivity index is 0.00000106. The van der Waals surface area contributed by atoms with Crippen LogP contribution in [0.3, 0.4) is 0 Å². The Morgan fingerprint density at radius 1 is 1.12 bits per heavy atom. The summed E-state index contributed by atoms with van der Waals surface area (Å²) in [5.74, 6) is 2.81. The highest BCUT2D eigenvalue weighted by atomic mass is 15.5. The summed E-state index contributed by atoms with van der Waals surface area (Å²) in [6.45, 7) is 17.1. The molecule has 9 nitrogen and oxygen atoms in total. The van der Waals surface area contributed by atoms with Crippen molar-refractivity contribution >= 4 is 41.9 Å². The quantitative estimate of drug-likeness (QED) is 0.272. The molecule has 1 saturated heterocycles. The molecule has 1 aromatic carbocycles. The van der Waals surface area contributed by atoms with Crippen LogP contribution in [0.5, 0.6) is 0 Å². The number of aryl methyl sites for hydroxylation is 1. The van der Waals surface area contributed by atoms with E-state index in [4.69, 9.17) is 22.8 Å². The van der Waals surface area contributed by atoms with Gasteiger partial charge in [-0.2, -0.15) is 19.6 Å². The lowest BCUT2D eigenvalue weighted by molar-refractivity contribution is -0.923. The maximum absolute atomic E-state index is 6.30. The first-order valence-corrected chi connectivity index (χ1v) is 14.7. The van der Waals surface area contributed by atoms with E-state index >= 15 is 0 Å². The number of aromatic amines is 1. The Morgan fingerprint density at radius 2 is 1.82 bits per heavy atom. The maximum Gasteiger partial charge on any atom is 0.231 e. The fourth-order valence-corrected chi connectivity index (χ4v) is 5.51. The van der Waals surface area contributed by atoms with Crippen molar-refractivity contribution in [2.45, 2.75) is 73.4 Å². The maximum atomic E-state index is 6.30. The number of imidazole rings is 1. The minimum atomic E-state index is 0.0930. The van der Waals surface area contributed by atoms with Crippen LogP contribution in [-0.2, 0) is 6.54 Å². The molecule has 216 valence electrons. The van der Waals surface area contributed by atoms with E-state index in [2.05, 4.69) is 69.0 Å². The van der Waals surface area contributed by atoms with Crippen molar-refractivity contribution in [3.05, 3.63) is 35.8 Å². The largest absolute Gasteiger partial charge is 0.340 e. The number of nitrogens with zero attached hydrogens (tertiary/aromatic N) is 8. The van der Waals surface area contributed by atoms with E-state index in [1.807, 2.05) is 45.7 Å². The zero-order valence-corrected chi connectivity index (χ0v) is 26.6. The standard InChI is InChI=1S/C26H37BN9.2C2H6/c1-8-9-18-14-34(16-26(18,3)36(5,6)7)24-31-23-19(27)13-28-35(23)25(32-24)33(4)15-22-29-20-11-10-17(2)12-21(20)30-22;2*1-2/h10-13,18H,8-9,14-16H2,1-7H3,(H,29,30);2*1-2H3/q+1;;/t18-,26+;;/m0../s1. The summed E-state index contributed by atoms with van der Waals surface area (Å²) in [6.07, 6.45) is 3.99. The molecule has 2 radical (unpaired) electrons. The summed E-state index contributed by atoms with van der Waals surface area (Å²) in [4.78, 5) is 22.5. The van der Waals surface area contributed by atoms with Crippen LogP contribution in [0.15, 0.2) is 24.4 Å². The molecular formula is C30H49BN9+. The summed E-state index contributed by atoms with van der Waals surface area (Å²) in [5.41, 5.74) is 4.47. The molecule has 5 rings (SSSR count). The first kappa shape index (κ1) is 31.4. The molecule has 4 heterocycles. The summed E-state index contributed by atoms with van der Waals surface area (Å²) < 4.78 is 2.62. The van der Waals surface area contributed by atoms with Crippen molar-refractivity contribution in [3.63, 3.8) is 0 Å². The number of quaternary nitrogens is 1. The van der Waals surface area contributed by atoms with Crippen molar-refractivity contribution in [2.75, 3.05) is 51.1 Å². The van der Waals surface area contributed by atoms with E-state index in [9.17, 15) is 0 Å². The third kappa shape index (κ3) is 5.97. The highest BCUT2D eigenvalue weighted by molar-refractivity contribution is 6.36. The molecule has 0 aliphatic carbocycles. The van der Waals surface area contributed by atoms with Gasteiger partial charge in [-0.05, 0) is 43.4 Å². The molecule has 0 bridgehead atoms. The molecular weight excluding hydrogens is 497 g/mol. The smallest absolute Gasteiger partial charge is 0.231 e. The molecule has 4 aromatic rings. The van der Waals surface area contributed by atoms with Crippen LogP contribution in [0.25, 0.3) is 16.7 Å². The highest BCUT2D eigenvalue weighted by Gasteiger charge is 2.52. The molecule has 0 unspecified atom stereocenters. The van der Waals surface area contributed by atoms with E-state index in [1.165, 1.54) is 12.0 Å². The van der Waals surface area contributed by atoms with Crippen molar-refractivity contribution in [1.82, 2.24) is 29.5 Å². The number of aromatic nitrogens is 6. The van der Waals surface area contributed by atoms with Gasteiger partial charge >= 0.3 is 0 Å².